The Bertz CT molecular complexity index is 649. The predicted molar refractivity (Wildman–Crippen MR) is 94.0 cm³/mol. The van der Waals surface area contributed by atoms with E-state index in [1.165, 1.54) is 43.5 Å². The first-order valence-electron chi connectivity index (χ1n) is 8.92. The van der Waals surface area contributed by atoms with Gasteiger partial charge < -0.3 is 31.1 Å². The van der Waals surface area contributed by atoms with Crippen LogP contribution in [0.2, 0.25) is 0 Å². The van der Waals surface area contributed by atoms with E-state index in [0.29, 0.717) is 6.61 Å². The molecule has 2 fully saturated rings. The Morgan fingerprint density at radius 2 is 1.56 bits per heavy atom. The number of aromatic nitrogens is 2. The SMILES string of the molecule is [Br-].c1ccc(COc2cnc(N3CC[N+]4(CCCC4)CC3)nc2)cc1. The summed E-state index contributed by atoms with van der Waals surface area (Å²) in [4.78, 5) is 11.3. The lowest BCUT2D eigenvalue weighted by Gasteiger charge is -2.41. The number of halogens is 1. The fourth-order valence-corrected chi connectivity index (χ4v) is 3.83. The maximum atomic E-state index is 5.76. The zero-order valence-corrected chi connectivity index (χ0v) is 16.1. The zero-order valence-electron chi connectivity index (χ0n) is 14.5. The van der Waals surface area contributed by atoms with E-state index in [2.05, 4.69) is 27.0 Å². The first-order chi connectivity index (χ1) is 11.8. The molecule has 0 N–H and O–H groups in total. The number of rotatable bonds is 4. The van der Waals surface area contributed by atoms with E-state index in [-0.39, 0.29) is 17.0 Å². The molecule has 134 valence electrons. The van der Waals surface area contributed by atoms with Crippen LogP contribution in [0.5, 0.6) is 5.75 Å². The molecule has 0 radical (unpaired) electrons. The third kappa shape index (κ3) is 4.30. The maximum absolute atomic E-state index is 5.76. The van der Waals surface area contributed by atoms with Gasteiger partial charge in [-0.2, -0.15) is 0 Å². The highest BCUT2D eigenvalue weighted by atomic mass is 79.9. The second kappa shape index (κ2) is 8.15. The van der Waals surface area contributed by atoms with Crippen LogP contribution in [0.25, 0.3) is 0 Å². The van der Waals surface area contributed by atoms with E-state index in [0.717, 1.165) is 30.4 Å². The van der Waals surface area contributed by atoms with Crippen LogP contribution in [0.4, 0.5) is 5.95 Å². The van der Waals surface area contributed by atoms with E-state index < -0.39 is 0 Å². The van der Waals surface area contributed by atoms with Crippen LogP contribution in [-0.4, -0.2) is 53.7 Å². The van der Waals surface area contributed by atoms with E-state index in [4.69, 9.17) is 4.74 Å². The minimum absolute atomic E-state index is 0. The largest absolute Gasteiger partial charge is 1.00 e. The molecule has 2 aliphatic heterocycles. The van der Waals surface area contributed by atoms with E-state index >= 15 is 0 Å². The summed E-state index contributed by atoms with van der Waals surface area (Å²) >= 11 is 0. The van der Waals surface area contributed by atoms with Crippen LogP contribution in [0.3, 0.4) is 0 Å². The lowest BCUT2D eigenvalue weighted by Crippen LogP contribution is -3.00. The van der Waals surface area contributed by atoms with Gasteiger partial charge in [0, 0.05) is 12.8 Å². The fourth-order valence-electron chi connectivity index (χ4n) is 3.83. The van der Waals surface area contributed by atoms with Crippen molar-refractivity contribution in [3.63, 3.8) is 0 Å². The molecule has 25 heavy (non-hydrogen) atoms. The molecule has 0 aliphatic carbocycles. The van der Waals surface area contributed by atoms with Crippen molar-refractivity contribution in [3.8, 4) is 5.75 Å². The van der Waals surface area contributed by atoms with Crippen LogP contribution in [-0.2, 0) is 6.61 Å². The Hall–Kier alpha value is -1.66. The van der Waals surface area contributed by atoms with Crippen molar-refractivity contribution in [2.75, 3.05) is 44.2 Å². The summed E-state index contributed by atoms with van der Waals surface area (Å²) in [6.07, 6.45) is 6.37. The lowest BCUT2D eigenvalue weighted by molar-refractivity contribution is -0.917. The van der Waals surface area contributed by atoms with Crippen molar-refractivity contribution in [2.45, 2.75) is 19.4 Å². The van der Waals surface area contributed by atoms with Crippen molar-refractivity contribution in [3.05, 3.63) is 48.3 Å². The summed E-state index contributed by atoms with van der Waals surface area (Å²) in [6, 6.07) is 10.2. The molecule has 4 rings (SSSR count). The highest BCUT2D eigenvalue weighted by Crippen LogP contribution is 2.24. The molecule has 6 heteroatoms. The number of benzene rings is 1. The van der Waals surface area contributed by atoms with Crippen LogP contribution < -0.4 is 26.6 Å². The Kier molecular flexibility index (Phi) is 5.91. The lowest BCUT2D eigenvalue weighted by atomic mass is 10.2. The van der Waals surface area contributed by atoms with Gasteiger partial charge >= 0.3 is 0 Å². The molecule has 0 amide bonds. The molecule has 0 saturated carbocycles. The van der Waals surface area contributed by atoms with Gasteiger partial charge in [0.25, 0.3) is 0 Å². The van der Waals surface area contributed by atoms with E-state index in [9.17, 15) is 0 Å². The molecule has 2 aromatic rings. The molecule has 3 heterocycles. The highest BCUT2D eigenvalue weighted by molar-refractivity contribution is 5.32. The molecule has 1 aromatic carbocycles. The van der Waals surface area contributed by atoms with E-state index in [1.807, 2.05) is 18.2 Å². The third-order valence-corrected chi connectivity index (χ3v) is 5.35. The Morgan fingerprint density at radius 1 is 0.920 bits per heavy atom. The van der Waals surface area contributed by atoms with Crippen molar-refractivity contribution in [1.29, 1.82) is 0 Å². The van der Waals surface area contributed by atoms with Gasteiger partial charge in [0.2, 0.25) is 5.95 Å². The summed E-state index contributed by atoms with van der Waals surface area (Å²) in [7, 11) is 0. The third-order valence-electron chi connectivity index (χ3n) is 5.35. The monoisotopic (exact) mass is 404 g/mol. The molecule has 1 aromatic heterocycles. The topological polar surface area (TPSA) is 38.2 Å². The quantitative estimate of drug-likeness (QED) is 0.643. The van der Waals surface area contributed by atoms with Gasteiger partial charge in [0.1, 0.15) is 6.61 Å². The first-order valence-corrected chi connectivity index (χ1v) is 8.92. The summed E-state index contributed by atoms with van der Waals surface area (Å²) in [6.45, 7) is 7.86. The molecular weight excluding hydrogens is 380 g/mol. The molecular formula is C19H25BrN4O. The zero-order chi connectivity index (χ0) is 16.2. The number of nitrogens with zero attached hydrogens (tertiary/aromatic N) is 4. The van der Waals surface area contributed by atoms with Crippen LogP contribution >= 0.6 is 0 Å². The molecule has 5 nitrogen and oxygen atoms in total. The van der Waals surface area contributed by atoms with Gasteiger partial charge in [-0.25, -0.2) is 9.97 Å². The summed E-state index contributed by atoms with van der Waals surface area (Å²) in [5.74, 6) is 1.56. The summed E-state index contributed by atoms with van der Waals surface area (Å²) in [5.41, 5.74) is 1.15. The Labute approximate surface area is 160 Å². The number of hydrogen-bond acceptors (Lipinski definition) is 4. The summed E-state index contributed by atoms with van der Waals surface area (Å²) in [5, 5.41) is 0. The van der Waals surface area contributed by atoms with E-state index in [1.54, 1.807) is 12.4 Å². The standard InChI is InChI=1S/C19H25N4O.BrH/c1-2-6-17(7-3-1)16-24-18-14-20-19(21-15-18)22-8-12-23(13-9-22)10-4-5-11-23;/h1-3,6-7,14-15H,4-5,8-13,16H2;1H/q+1;/p-1. The molecule has 2 aliphatic rings. The molecule has 0 bridgehead atoms. The van der Waals surface area contributed by atoms with Crippen LogP contribution in [0, 0.1) is 0 Å². The fraction of sp³-hybridized carbons (Fsp3) is 0.474. The second-order valence-corrected chi connectivity index (χ2v) is 6.92. The van der Waals surface area contributed by atoms with Crippen molar-refractivity contribution < 1.29 is 26.2 Å². The summed E-state index contributed by atoms with van der Waals surface area (Å²) < 4.78 is 7.08. The van der Waals surface area contributed by atoms with Crippen LogP contribution in [0.1, 0.15) is 18.4 Å². The number of ether oxygens (including phenoxy) is 1. The van der Waals surface area contributed by atoms with Gasteiger partial charge in [-0.1, -0.05) is 30.3 Å². The van der Waals surface area contributed by atoms with Gasteiger partial charge in [-0.05, 0) is 5.56 Å². The van der Waals surface area contributed by atoms with Gasteiger partial charge in [0.05, 0.1) is 51.7 Å². The Morgan fingerprint density at radius 3 is 2.20 bits per heavy atom. The maximum Gasteiger partial charge on any atom is 0.225 e. The minimum atomic E-state index is 0. The minimum Gasteiger partial charge on any atom is -1.00 e. The normalized spacial score (nSPS) is 18.8. The van der Waals surface area contributed by atoms with Crippen molar-refractivity contribution >= 4 is 5.95 Å². The highest BCUT2D eigenvalue weighted by Gasteiger charge is 2.36. The number of piperazine rings is 1. The van der Waals surface area contributed by atoms with Crippen molar-refractivity contribution in [1.82, 2.24) is 9.97 Å². The van der Waals surface area contributed by atoms with Gasteiger partial charge in [0.15, 0.2) is 5.75 Å². The van der Waals surface area contributed by atoms with Gasteiger partial charge in [-0.3, -0.25) is 0 Å². The predicted octanol–water partition coefficient (Wildman–Crippen LogP) is -0.510. The Balaban J connectivity index is 0.00000182. The average molecular weight is 405 g/mol. The molecule has 0 unspecified atom stereocenters. The molecule has 1 spiro atoms. The second-order valence-electron chi connectivity index (χ2n) is 6.92. The molecule has 0 atom stereocenters. The first kappa shape index (κ1) is 18.1. The molecule has 2 saturated heterocycles. The smallest absolute Gasteiger partial charge is 0.225 e. The van der Waals surface area contributed by atoms with Crippen LogP contribution in [0.15, 0.2) is 42.7 Å². The number of quaternary nitrogens is 1. The average Bonchev–Trinajstić information content (AvgIpc) is 3.10. The van der Waals surface area contributed by atoms with Crippen molar-refractivity contribution in [2.24, 2.45) is 0 Å². The van der Waals surface area contributed by atoms with Gasteiger partial charge in [-0.15, -0.1) is 0 Å². The number of anilines is 1. The number of hydrogen-bond donors (Lipinski definition) is 0.